The lowest BCUT2D eigenvalue weighted by atomic mass is 10.2. The molecular weight excluding hydrogens is 561 g/mol. The molecule has 13 heteroatoms. The van der Waals surface area contributed by atoms with Crippen molar-refractivity contribution in [1.82, 2.24) is 0 Å². The van der Waals surface area contributed by atoms with Gasteiger partial charge in [0.2, 0.25) is 4.58 Å². The Hall–Kier alpha value is -2.87. The topological polar surface area (TPSA) is 68.3 Å². The molecule has 0 aliphatic rings. The normalized spacial score (nSPS) is 13.2. The van der Waals surface area contributed by atoms with Crippen LogP contribution < -0.4 is 10.6 Å². The van der Waals surface area contributed by atoms with E-state index in [1.165, 1.54) is 72.8 Å². The number of halogens is 6. The van der Waals surface area contributed by atoms with Gasteiger partial charge in [0.1, 0.15) is 16.8 Å². The zero-order valence-corrected chi connectivity index (χ0v) is 21.1. The van der Waals surface area contributed by atoms with Gasteiger partial charge in [-0.25, -0.2) is 16.8 Å². The molecule has 0 aliphatic carbocycles. The van der Waals surface area contributed by atoms with E-state index in [1.54, 1.807) is 18.2 Å². The van der Waals surface area contributed by atoms with Crippen LogP contribution in [0.2, 0.25) is 0 Å². The van der Waals surface area contributed by atoms with Crippen LogP contribution in [0.4, 0.5) is 26.3 Å². The van der Waals surface area contributed by atoms with E-state index in [0.717, 1.165) is 0 Å². The molecule has 0 fully saturated rings. The number of hydrogen-bond acceptors (Lipinski definition) is 4. The zero-order valence-electron chi connectivity index (χ0n) is 18.6. The summed E-state index contributed by atoms with van der Waals surface area (Å²) in [7, 11) is -17.6. The summed E-state index contributed by atoms with van der Waals surface area (Å²) >= 11 is 0. The Morgan fingerprint density at radius 1 is 0.622 bits per heavy atom. The van der Waals surface area contributed by atoms with E-state index < -0.39 is 48.7 Å². The summed E-state index contributed by atoms with van der Waals surface area (Å²) in [6, 6.07) is 22.3. The third-order valence-corrected chi connectivity index (χ3v) is 14.1. The highest BCUT2D eigenvalue weighted by atomic mass is 32.3. The average molecular weight is 580 g/mol. The van der Waals surface area contributed by atoms with Gasteiger partial charge in [-0.1, -0.05) is 54.6 Å². The molecule has 4 nitrogen and oxygen atoms in total. The highest BCUT2D eigenvalue weighted by Crippen LogP contribution is 2.58. The number of alkyl halides is 6. The van der Waals surface area contributed by atoms with Gasteiger partial charge < -0.3 is 0 Å². The summed E-state index contributed by atoms with van der Waals surface area (Å²) in [4.78, 5) is 0. The Bertz CT molecular complexity index is 1410. The third kappa shape index (κ3) is 5.84. The fraction of sp³-hybridized carbons (Fsp3) is 0.167. The third-order valence-electron chi connectivity index (χ3n) is 5.32. The Balaban J connectivity index is 2.44. The first-order valence-corrected chi connectivity index (χ1v) is 15.4. The molecular formula is C24H18F6O4PS2+. The van der Waals surface area contributed by atoms with Gasteiger partial charge >= 0.3 is 11.0 Å². The van der Waals surface area contributed by atoms with Crippen LogP contribution in [-0.2, 0) is 19.7 Å². The van der Waals surface area contributed by atoms with Crippen molar-refractivity contribution in [2.24, 2.45) is 0 Å². The Labute approximate surface area is 210 Å². The molecule has 0 heterocycles. The van der Waals surface area contributed by atoms with Crippen LogP contribution in [0.3, 0.4) is 0 Å². The summed E-state index contributed by atoms with van der Waals surface area (Å²) in [5, 5.41) is 0.230. The van der Waals surface area contributed by atoms with E-state index in [9.17, 15) is 43.2 Å². The molecule has 3 aromatic rings. The Morgan fingerprint density at radius 3 is 1.32 bits per heavy atom. The van der Waals surface area contributed by atoms with Crippen LogP contribution in [0.1, 0.15) is 5.56 Å². The first-order valence-electron chi connectivity index (χ1n) is 10.3. The molecule has 3 aromatic carbocycles. The van der Waals surface area contributed by atoms with Gasteiger partial charge in [0.15, 0.2) is 7.26 Å². The lowest BCUT2D eigenvalue weighted by Gasteiger charge is -2.27. The zero-order chi connectivity index (χ0) is 27.5. The number of benzene rings is 3. The van der Waals surface area contributed by atoms with Gasteiger partial charge in [-0.05, 0) is 42.3 Å². The molecule has 0 bridgehead atoms. The second kappa shape index (κ2) is 10.5. The minimum absolute atomic E-state index is 0.115. The molecule has 37 heavy (non-hydrogen) atoms. The molecule has 0 amide bonds. The highest BCUT2D eigenvalue weighted by molar-refractivity contribution is 8.11. The SMILES string of the molecule is O=S(=O)(C(C[P+](C#Cc1ccccc1)(c1ccccc1)c1ccccc1)S(=O)(=O)C(F)(F)F)C(F)(F)F. The van der Waals surface area contributed by atoms with Crippen molar-refractivity contribution in [3.05, 3.63) is 96.6 Å². The van der Waals surface area contributed by atoms with Crippen molar-refractivity contribution in [3.63, 3.8) is 0 Å². The van der Waals surface area contributed by atoms with Crippen molar-refractivity contribution in [2.45, 2.75) is 15.6 Å². The van der Waals surface area contributed by atoms with E-state index in [4.69, 9.17) is 0 Å². The van der Waals surface area contributed by atoms with Crippen molar-refractivity contribution >= 4 is 37.5 Å². The molecule has 0 radical (unpaired) electrons. The van der Waals surface area contributed by atoms with Crippen LogP contribution in [-0.4, -0.2) is 38.6 Å². The maximum atomic E-state index is 13.6. The molecule has 0 spiro atoms. The summed E-state index contributed by atoms with van der Waals surface area (Å²) in [6.45, 7) is 0. The molecule has 3 rings (SSSR count). The van der Waals surface area contributed by atoms with E-state index in [1.807, 2.05) is 0 Å². The molecule has 0 N–H and O–H groups in total. The molecule has 196 valence electrons. The number of rotatable bonds is 6. The predicted molar refractivity (Wildman–Crippen MR) is 131 cm³/mol. The van der Waals surface area contributed by atoms with Gasteiger partial charge in [-0.3, -0.25) is 0 Å². The van der Waals surface area contributed by atoms with E-state index in [0.29, 0.717) is 5.56 Å². The largest absolute Gasteiger partial charge is 0.498 e. The highest BCUT2D eigenvalue weighted by Gasteiger charge is 2.66. The van der Waals surface area contributed by atoms with Crippen molar-refractivity contribution in [3.8, 4) is 11.6 Å². The fourth-order valence-corrected chi connectivity index (χ4v) is 12.2. The maximum absolute atomic E-state index is 13.6. The summed E-state index contributed by atoms with van der Waals surface area (Å²) < 4.78 is 127. The summed E-state index contributed by atoms with van der Waals surface area (Å²) in [5.41, 5.74) is -9.45. The quantitative estimate of drug-likeness (QED) is 0.238. The predicted octanol–water partition coefficient (Wildman–Crippen LogP) is 4.86. The molecule has 0 aliphatic heterocycles. The molecule has 0 saturated carbocycles. The second-order valence-corrected chi connectivity index (χ2v) is 15.5. The maximum Gasteiger partial charge on any atom is 0.498 e. The van der Waals surface area contributed by atoms with Gasteiger partial charge in [-0.15, -0.1) is 0 Å². The summed E-state index contributed by atoms with van der Waals surface area (Å²) in [6.07, 6.45) is -1.56. The second-order valence-electron chi connectivity index (χ2n) is 7.68. The lowest BCUT2D eigenvalue weighted by Crippen LogP contribution is -2.48. The molecule has 0 atom stereocenters. The minimum atomic E-state index is -6.86. The van der Waals surface area contributed by atoms with Gasteiger partial charge in [-0.2, -0.15) is 26.3 Å². The van der Waals surface area contributed by atoms with Crippen LogP contribution in [0.25, 0.3) is 0 Å². The van der Waals surface area contributed by atoms with Crippen LogP contribution >= 0.6 is 7.26 Å². The smallest absolute Gasteiger partial charge is 0.218 e. The number of sulfone groups is 2. The van der Waals surface area contributed by atoms with Gasteiger partial charge in [0, 0.05) is 5.56 Å². The van der Waals surface area contributed by atoms with Gasteiger partial charge in [0.25, 0.3) is 19.7 Å². The van der Waals surface area contributed by atoms with E-state index >= 15 is 0 Å². The van der Waals surface area contributed by atoms with Crippen LogP contribution in [0.5, 0.6) is 0 Å². The molecule has 0 saturated heterocycles. The Kier molecular flexibility index (Phi) is 8.13. The monoisotopic (exact) mass is 579 g/mol. The average Bonchev–Trinajstić information content (AvgIpc) is 2.84. The van der Waals surface area contributed by atoms with Crippen molar-refractivity contribution < 1.29 is 43.2 Å². The van der Waals surface area contributed by atoms with Crippen LogP contribution in [0.15, 0.2) is 91.0 Å². The summed E-state index contributed by atoms with van der Waals surface area (Å²) in [5.74, 6) is 2.72. The van der Waals surface area contributed by atoms with Gasteiger partial charge in [0.05, 0.1) is 5.66 Å². The number of hydrogen-bond donors (Lipinski definition) is 0. The van der Waals surface area contributed by atoms with E-state index in [-0.39, 0.29) is 10.6 Å². The minimum Gasteiger partial charge on any atom is -0.218 e. The van der Waals surface area contributed by atoms with Crippen LogP contribution in [0, 0.1) is 11.6 Å². The van der Waals surface area contributed by atoms with E-state index in [2.05, 4.69) is 11.6 Å². The Morgan fingerprint density at radius 2 is 0.973 bits per heavy atom. The fourth-order valence-electron chi connectivity index (χ4n) is 3.47. The lowest BCUT2D eigenvalue weighted by molar-refractivity contribution is -0.0468. The first kappa shape index (κ1) is 28.7. The van der Waals surface area contributed by atoms with Crippen molar-refractivity contribution in [1.29, 1.82) is 0 Å². The first-order chi connectivity index (χ1) is 17.1. The standard InChI is InChI=1S/C24H18F6O4PS2/c25-23(26,27)36(31,32)22(37(33,34)24(28,29)30)18-35(20-12-6-2-7-13-20,21-14-8-3-9-15-21)17-16-19-10-4-1-5-11-19/h1-15,22H,18H2/q+1. The van der Waals surface area contributed by atoms with Crippen molar-refractivity contribution in [2.75, 3.05) is 6.16 Å². The molecule has 0 aromatic heterocycles. The molecule has 0 unspecified atom stereocenters.